The maximum absolute atomic E-state index is 13.6. The van der Waals surface area contributed by atoms with Crippen molar-refractivity contribution in [1.29, 1.82) is 0 Å². The molecule has 0 amide bonds. The summed E-state index contributed by atoms with van der Waals surface area (Å²) in [4.78, 5) is 1.76. The third kappa shape index (κ3) is 3.40. The molecule has 1 aliphatic rings. The third-order valence-corrected chi connectivity index (χ3v) is 5.73. The van der Waals surface area contributed by atoms with Crippen molar-refractivity contribution in [1.82, 2.24) is 0 Å². The van der Waals surface area contributed by atoms with Gasteiger partial charge in [0.25, 0.3) is 0 Å². The molecule has 1 aromatic rings. The first kappa shape index (κ1) is 14.6. The molecule has 2 N–H and O–H groups in total. The Bertz CT molecular complexity index is 563. The minimum atomic E-state index is -3.20. The van der Waals surface area contributed by atoms with E-state index in [2.05, 4.69) is 0 Å². The Morgan fingerprint density at radius 3 is 2.84 bits per heavy atom. The van der Waals surface area contributed by atoms with Crippen LogP contribution < -0.4 is 10.6 Å². The van der Waals surface area contributed by atoms with Gasteiger partial charge in [0.1, 0.15) is 11.2 Å². The van der Waals surface area contributed by atoms with E-state index in [9.17, 15) is 12.8 Å². The van der Waals surface area contributed by atoms with Gasteiger partial charge >= 0.3 is 0 Å². The minimum Gasteiger partial charge on any atom is -0.353 e. The van der Waals surface area contributed by atoms with Crippen LogP contribution in [0.3, 0.4) is 0 Å². The van der Waals surface area contributed by atoms with E-state index < -0.39 is 15.2 Å². The summed E-state index contributed by atoms with van der Waals surface area (Å²) in [6.45, 7) is 0.826. The van der Waals surface area contributed by atoms with Crippen molar-refractivity contribution in [3.05, 3.63) is 29.6 Å². The zero-order valence-electron chi connectivity index (χ0n) is 10.7. The van der Waals surface area contributed by atoms with Crippen molar-refractivity contribution in [3.8, 4) is 0 Å². The average Bonchev–Trinajstić information content (AvgIpc) is 2.37. The van der Waals surface area contributed by atoms with Gasteiger partial charge < -0.3 is 10.6 Å². The number of nitrogens with two attached hydrogens (primary N) is 1. The molecule has 0 saturated carbocycles. The van der Waals surface area contributed by atoms with E-state index in [1.54, 1.807) is 22.7 Å². The predicted octanol–water partition coefficient (Wildman–Crippen LogP) is 1.21. The molecule has 1 fully saturated rings. The molecule has 1 heterocycles. The van der Waals surface area contributed by atoms with Gasteiger partial charge in [-0.25, -0.2) is 12.8 Å². The molecule has 0 bridgehead atoms. The van der Waals surface area contributed by atoms with Gasteiger partial charge in [0, 0.05) is 36.5 Å². The van der Waals surface area contributed by atoms with Crippen molar-refractivity contribution in [2.24, 2.45) is 5.73 Å². The van der Waals surface area contributed by atoms with E-state index >= 15 is 0 Å². The second kappa shape index (κ2) is 5.68. The Hall–Kier alpha value is -0.790. The molecule has 1 aliphatic heterocycles. The van der Waals surface area contributed by atoms with E-state index in [1.807, 2.05) is 0 Å². The van der Waals surface area contributed by atoms with Crippen molar-refractivity contribution >= 4 is 27.3 Å². The van der Waals surface area contributed by atoms with Crippen LogP contribution in [0.1, 0.15) is 5.56 Å². The van der Waals surface area contributed by atoms with E-state index in [-0.39, 0.29) is 12.4 Å². The van der Waals surface area contributed by atoms with Crippen LogP contribution in [0.4, 0.5) is 10.1 Å². The van der Waals surface area contributed by atoms with Crippen LogP contribution in [-0.2, 0) is 16.4 Å². The number of hydrogen-bond acceptors (Lipinski definition) is 5. The predicted molar refractivity (Wildman–Crippen MR) is 77.6 cm³/mol. The second-order valence-electron chi connectivity index (χ2n) is 4.57. The lowest BCUT2D eigenvalue weighted by Gasteiger charge is -2.36. The monoisotopic (exact) mass is 304 g/mol. The van der Waals surface area contributed by atoms with Gasteiger partial charge in [-0.05, 0) is 23.8 Å². The van der Waals surface area contributed by atoms with Gasteiger partial charge in [0.15, 0.2) is 9.84 Å². The lowest BCUT2D eigenvalue weighted by atomic mass is 10.2. The molecule has 4 nitrogen and oxygen atoms in total. The van der Waals surface area contributed by atoms with Crippen LogP contribution in [0.25, 0.3) is 0 Å². The van der Waals surface area contributed by atoms with Gasteiger partial charge in [-0.2, -0.15) is 11.8 Å². The zero-order valence-corrected chi connectivity index (χ0v) is 12.3. The van der Waals surface area contributed by atoms with E-state index in [4.69, 9.17) is 5.73 Å². The molecule has 2 rings (SSSR count). The molecule has 0 radical (unpaired) electrons. The van der Waals surface area contributed by atoms with Gasteiger partial charge in [-0.15, -0.1) is 0 Å². The molecule has 106 valence electrons. The van der Waals surface area contributed by atoms with Crippen LogP contribution in [0.2, 0.25) is 0 Å². The Kier molecular flexibility index (Phi) is 4.37. The number of sulfone groups is 1. The Morgan fingerprint density at radius 2 is 2.21 bits per heavy atom. The van der Waals surface area contributed by atoms with Gasteiger partial charge in [0.05, 0.1) is 0 Å². The number of halogens is 1. The Labute approximate surface area is 117 Å². The Morgan fingerprint density at radius 1 is 1.47 bits per heavy atom. The SMILES string of the molecule is CS(=O)(=O)C1CSCCN1c1cc(F)cc(CN)c1. The normalized spacial score (nSPS) is 20.6. The van der Waals surface area contributed by atoms with Crippen molar-refractivity contribution in [2.45, 2.75) is 11.9 Å². The fraction of sp³-hybridized carbons (Fsp3) is 0.500. The molecule has 1 aromatic carbocycles. The van der Waals surface area contributed by atoms with Crippen LogP contribution in [0, 0.1) is 5.82 Å². The van der Waals surface area contributed by atoms with E-state index in [0.29, 0.717) is 23.5 Å². The summed E-state index contributed by atoms with van der Waals surface area (Å²) in [5.41, 5.74) is 6.79. The first-order valence-electron chi connectivity index (χ1n) is 5.94. The summed E-state index contributed by atoms with van der Waals surface area (Å²) >= 11 is 1.60. The van der Waals surface area contributed by atoms with Gasteiger partial charge in [-0.1, -0.05) is 0 Å². The van der Waals surface area contributed by atoms with Crippen LogP contribution in [0.15, 0.2) is 18.2 Å². The van der Waals surface area contributed by atoms with E-state index in [0.717, 1.165) is 5.75 Å². The van der Waals surface area contributed by atoms with E-state index in [1.165, 1.54) is 18.4 Å². The summed E-state index contributed by atoms with van der Waals surface area (Å²) < 4.78 is 37.2. The third-order valence-electron chi connectivity index (χ3n) is 3.09. The number of benzene rings is 1. The molecule has 1 unspecified atom stereocenters. The molecule has 0 aromatic heterocycles. The van der Waals surface area contributed by atoms with Gasteiger partial charge in [0.2, 0.25) is 0 Å². The van der Waals surface area contributed by atoms with Crippen molar-refractivity contribution < 1.29 is 12.8 Å². The summed E-state index contributed by atoms with van der Waals surface area (Å²) in [5, 5.41) is -0.598. The minimum absolute atomic E-state index is 0.233. The number of hydrogen-bond donors (Lipinski definition) is 1. The maximum Gasteiger partial charge on any atom is 0.169 e. The average molecular weight is 304 g/mol. The summed E-state index contributed by atoms with van der Waals surface area (Å²) in [7, 11) is -3.20. The largest absolute Gasteiger partial charge is 0.353 e. The van der Waals surface area contributed by atoms with Gasteiger partial charge in [-0.3, -0.25) is 0 Å². The molecular weight excluding hydrogens is 287 g/mol. The highest BCUT2D eigenvalue weighted by Crippen LogP contribution is 2.28. The highest BCUT2D eigenvalue weighted by atomic mass is 32.2. The summed E-state index contributed by atoms with van der Waals surface area (Å²) in [5.74, 6) is 0.955. The molecule has 0 spiro atoms. The fourth-order valence-electron chi connectivity index (χ4n) is 2.15. The number of rotatable bonds is 3. The highest BCUT2D eigenvalue weighted by Gasteiger charge is 2.31. The van der Waals surface area contributed by atoms with Crippen molar-refractivity contribution in [2.75, 3.05) is 29.2 Å². The zero-order chi connectivity index (χ0) is 14.0. The second-order valence-corrected chi connectivity index (χ2v) is 7.93. The van der Waals surface area contributed by atoms with Crippen LogP contribution >= 0.6 is 11.8 Å². The Balaban J connectivity index is 2.40. The molecular formula is C12H17FN2O2S2. The standard InChI is InChI=1S/C12H17FN2O2S2/c1-19(16,17)12-8-18-3-2-15(12)11-5-9(7-14)4-10(13)6-11/h4-6,12H,2-3,7-8,14H2,1H3. The van der Waals surface area contributed by atoms with Crippen LogP contribution in [0.5, 0.6) is 0 Å². The molecule has 19 heavy (non-hydrogen) atoms. The first-order valence-corrected chi connectivity index (χ1v) is 9.05. The number of nitrogens with zero attached hydrogens (tertiary/aromatic N) is 1. The summed E-state index contributed by atoms with van der Waals surface area (Å²) in [6.07, 6.45) is 1.22. The molecule has 7 heteroatoms. The van der Waals surface area contributed by atoms with Crippen LogP contribution in [-0.4, -0.2) is 38.1 Å². The topological polar surface area (TPSA) is 63.4 Å². The fourth-order valence-corrected chi connectivity index (χ4v) is 4.99. The lowest BCUT2D eigenvalue weighted by Crippen LogP contribution is -2.47. The lowest BCUT2D eigenvalue weighted by molar-refractivity contribution is 0.583. The molecule has 1 saturated heterocycles. The quantitative estimate of drug-likeness (QED) is 0.909. The molecule has 0 aliphatic carbocycles. The highest BCUT2D eigenvalue weighted by molar-refractivity contribution is 8.01. The van der Waals surface area contributed by atoms with Crippen molar-refractivity contribution in [3.63, 3.8) is 0 Å². The smallest absolute Gasteiger partial charge is 0.169 e. The number of thioether (sulfide) groups is 1. The maximum atomic E-state index is 13.6. The first-order chi connectivity index (χ1) is 8.91. The number of anilines is 1. The molecule has 1 atom stereocenters. The summed E-state index contributed by atoms with van der Waals surface area (Å²) in [6, 6.07) is 4.50.